The Morgan fingerprint density at radius 2 is 2.20 bits per heavy atom. The summed E-state index contributed by atoms with van der Waals surface area (Å²) in [6.45, 7) is 4.17. The van der Waals surface area contributed by atoms with Crippen LogP contribution in [0.25, 0.3) is 0 Å². The van der Waals surface area contributed by atoms with Crippen molar-refractivity contribution in [1.29, 1.82) is 0 Å². The van der Waals surface area contributed by atoms with Crippen LogP contribution in [-0.4, -0.2) is 44.6 Å². The molecule has 0 heterocycles. The van der Waals surface area contributed by atoms with Gasteiger partial charge in [0, 0.05) is 13.6 Å². The molecule has 0 unspecified atom stereocenters. The van der Waals surface area contributed by atoms with Gasteiger partial charge in [-0.15, -0.1) is 0 Å². The maximum Gasteiger partial charge on any atom is 0.236 e. The summed E-state index contributed by atoms with van der Waals surface area (Å²) in [7, 11) is 3.53. The maximum atomic E-state index is 11.8. The predicted octanol–water partition coefficient (Wildman–Crippen LogP) is 2.09. The Kier molecular flexibility index (Phi) is 7.73. The Bertz CT molecular complexity index is 407. The van der Waals surface area contributed by atoms with E-state index in [0.29, 0.717) is 6.54 Å². The number of carbonyl (C=O) groups excluding carboxylic acids is 1. The number of methoxy groups -OCH3 is 1. The Hall–Kier alpha value is -1.55. The van der Waals surface area contributed by atoms with E-state index < -0.39 is 0 Å². The monoisotopic (exact) mass is 278 g/mol. The van der Waals surface area contributed by atoms with Gasteiger partial charge in [0.15, 0.2) is 0 Å². The van der Waals surface area contributed by atoms with Gasteiger partial charge in [0.25, 0.3) is 0 Å². The average Bonchev–Trinajstić information content (AvgIpc) is 2.49. The molecule has 0 aromatic heterocycles. The first-order valence-corrected chi connectivity index (χ1v) is 7.25. The number of hydrogen-bond donors (Lipinski definition) is 1. The SMILES string of the molecule is CCCCN(C)C(=O)CNCCc1cccc(OC)c1. The van der Waals surface area contributed by atoms with Crippen LogP contribution in [0, 0.1) is 0 Å². The van der Waals surface area contributed by atoms with Crippen LogP contribution < -0.4 is 10.1 Å². The van der Waals surface area contributed by atoms with Crippen LogP contribution in [-0.2, 0) is 11.2 Å². The molecule has 0 aliphatic rings. The molecule has 112 valence electrons. The molecule has 1 aromatic carbocycles. The number of nitrogens with one attached hydrogen (secondary N) is 1. The summed E-state index contributed by atoms with van der Waals surface area (Å²) >= 11 is 0. The highest BCUT2D eigenvalue weighted by Crippen LogP contribution is 2.12. The average molecular weight is 278 g/mol. The first-order chi connectivity index (χ1) is 9.67. The molecule has 0 saturated carbocycles. The molecule has 0 aliphatic heterocycles. The van der Waals surface area contributed by atoms with Crippen molar-refractivity contribution in [2.24, 2.45) is 0 Å². The van der Waals surface area contributed by atoms with Gasteiger partial charge < -0.3 is 15.0 Å². The van der Waals surface area contributed by atoms with Gasteiger partial charge in [-0.3, -0.25) is 4.79 Å². The van der Waals surface area contributed by atoms with Crippen molar-refractivity contribution in [3.8, 4) is 5.75 Å². The van der Waals surface area contributed by atoms with Gasteiger partial charge >= 0.3 is 0 Å². The molecule has 0 bridgehead atoms. The minimum absolute atomic E-state index is 0.157. The highest BCUT2D eigenvalue weighted by Gasteiger charge is 2.06. The quantitative estimate of drug-likeness (QED) is 0.703. The van der Waals surface area contributed by atoms with E-state index in [9.17, 15) is 4.79 Å². The summed E-state index contributed by atoms with van der Waals surface area (Å²) in [6, 6.07) is 8.01. The molecular formula is C16H26N2O2. The van der Waals surface area contributed by atoms with Gasteiger partial charge in [-0.05, 0) is 37.1 Å². The maximum absolute atomic E-state index is 11.8. The van der Waals surface area contributed by atoms with Gasteiger partial charge in [0.05, 0.1) is 13.7 Å². The van der Waals surface area contributed by atoms with Gasteiger partial charge in [0.2, 0.25) is 5.91 Å². The summed E-state index contributed by atoms with van der Waals surface area (Å²) in [5, 5.41) is 3.20. The molecule has 1 rings (SSSR count). The minimum Gasteiger partial charge on any atom is -0.497 e. The third-order valence-corrected chi connectivity index (χ3v) is 3.27. The highest BCUT2D eigenvalue weighted by atomic mass is 16.5. The van der Waals surface area contributed by atoms with Crippen molar-refractivity contribution < 1.29 is 9.53 Å². The Balaban J connectivity index is 2.22. The van der Waals surface area contributed by atoms with Crippen LogP contribution in [0.4, 0.5) is 0 Å². The van der Waals surface area contributed by atoms with Crippen molar-refractivity contribution >= 4 is 5.91 Å². The minimum atomic E-state index is 0.157. The topological polar surface area (TPSA) is 41.6 Å². The molecule has 4 nitrogen and oxygen atoms in total. The summed E-state index contributed by atoms with van der Waals surface area (Å²) in [5.74, 6) is 1.03. The number of amides is 1. The molecule has 0 radical (unpaired) electrons. The fourth-order valence-corrected chi connectivity index (χ4v) is 1.91. The lowest BCUT2D eigenvalue weighted by Crippen LogP contribution is -2.36. The van der Waals surface area contributed by atoms with Crippen molar-refractivity contribution in [2.75, 3.05) is 33.8 Å². The van der Waals surface area contributed by atoms with Gasteiger partial charge in [-0.2, -0.15) is 0 Å². The molecule has 1 amide bonds. The molecule has 0 fully saturated rings. The zero-order valence-corrected chi connectivity index (χ0v) is 12.8. The Morgan fingerprint density at radius 3 is 2.90 bits per heavy atom. The van der Waals surface area contributed by atoms with Crippen molar-refractivity contribution in [1.82, 2.24) is 10.2 Å². The van der Waals surface area contributed by atoms with E-state index in [2.05, 4.69) is 18.3 Å². The summed E-state index contributed by atoms with van der Waals surface area (Å²) in [6.07, 6.45) is 3.07. The number of unbranched alkanes of at least 4 members (excludes halogenated alkanes) is 1. The highest BCUT2D eigenvalue weighted by molar-refractivity contribution is 5.77. The Morgan fingerprint density at radius 1 is 1.40 bits per heavy atom. The Labute approximate surface area is 122 Å². The summed E-state index contributed by atoms with van der Waals surface area (Å²) in [5.41, 5.74) is 1.21. The molecule has 0 atom stereocenters. The van der Waals surface area contributed by atoms with E-state index in [1.54, 1.807) is 12.0 Å². The van der Waals surface area contributed by atoms with Crippen LogP contribution in [0.2, 0.25) is 0 Å². The van der Waals surface area contributed by atoms with Gasteiger partial charge in [-0.1, -0.05) is 25.5 Å². The van der Waals surface area contributed by atoms with Crippen molar-refractivity contribution in [3.63, 3.8) is 0 Å². The standard InChI is InChI=1S/C16H26N2O2/c1-4-5-11-18(2)16(19)13-17-10-9-14-7-6-8-15(12-14)20-3/h6-8,12,17H,4-5,9-11,13H2,1-3H3. The van der Waals surface area contributed by atoms with Gasteiger partial charge in [-0.25, -0.2) is 0 Å². The van der Waals surface area contributed by atoms with Crippen molar-refractivity contribution in [3.05, 3.63) is 29.8 Å². The molecule has 0 spiro atoms. The van der Waals surface area contributed by atoms with Crippen LogP contribution >= 0.6 is 0 Å². The zero-order valence-electron chi connectivity index (χ0n) is 12.8. The lowest BCUT2D eigenvalue weighted by Gasteiger charge is -2.17. The van der Waals surface area contributed by atoms with E-state index >= 15 is 0 Å². The number of likely N-dealkylation sites (N-methyl/N-ethyl adjacent to an activating group) is 1. The number of rotatable bonds is 9. The number of hydrogen-bond acceptors (Lipinski definition) is 3. The molecule has 0 aliphatic carbocycles. The van der Waals surface area contributed by atoms with E-state index in [0.717, 1.165) is 38.1 Å². The van der Waals surface area contributed by atoms with E-state index in [1.165, 1.54) is 5.56 Å². The number of benzene rings is 1. The molecule has 4 heteroatoms. The molecular weight excluding hydrogens is 252 g/mol. The lowest BCUT2D eigenvalue weighted by molar-refractivity contribution is -0.129. The fourth-order valence-electron chi connectivity index (χ4n) is 1.91. The van der Waals surface area contributed by atoms with Crippen LogP contribution in [0.15, 0.2) is 24.3 Å². The molecule has 0 saturated heterocycles. The summed E-state index contributed by atoms with van der Waals surface area (Å²) in [4.78, 5) is 13.6. The molecule has 1 N–H and O–H groups in total. The lowest BCUT2D eigenvalue weighted by atomic mass is 10.1. The first kappa shape index (κ1) is 16.5. The van der Waals surface area contributed by atoms with Crippen LogP contribution in [0.5, 0.6) is 5.75 Å². The molecule has 20 heavy (non-hydrogen) atoms. The number of carbonyl (C=O) groups is 1. The number of nitrogens with zero attached hydrogens (tertiary/aromatic N) is 1. The van der Waals surface area contributed by atoms with E-state index in [4.69, 9.17) is 4.74 Å². The third kappa shape index (κ3) is 6.06. The predicted molar refractivity (Wildman–Crippen MR) is 82.1 cm³/mol. The smallest absolute Gasteiger partial charge is 0.236 e. The van der Waals surface area contributed by atoms with E-state index in [1.807, 2.05) is 25.2 Å². The second kappa shape index (κ2) is 9.37. The summed E-state index contributed by atoms with van der Waals surface area (Å²) < 4.78 is 5.19. The zero-order chi connectivity index (χ0) is 14.8. The second-order valence-electron chi connectivity index (χ2n) is 4.95. The molecule has 1 aromatic rings. The van der Waals surface area contributed by atoms with Crippen molar-refractivity contribution in [2.45, 2.75) is 26.2 Å². The first-order valence-electron chi connectivity index (χ1n) is 7.25. The van der Waals surface area contributed by atoms with Gasteiger partial charge in [0.1, 0.15) is 5.75 Å². The second-order valence-corrected chi connectivity index (χ2v) is 4.95. The normalized spacial score (nSPS) is 10.3. The fraction of sp³-hybridized carbons (Fsp3) is 0.562. The van der Waals surface area contributed by atoms with Crippen LogP contribution in [0.1, 0.15) is 25.3 Å². The number of ether oxygens (including phenoxy) is 1. The van der Waals surface area contributed by atoms with Crippen LogP contribution in [0.3, 0.4) is 0 Å². The van der Waals surface area contributed by atoms with E-state index in [-0.39, 0.29) is 5.91 Å². The largest absolute Gasteiger partial charge is 0.497 e. The third-order valence-electron chi connectivity index (χ3n) is 3.27.